The quantitative estimate of drug-likeness (QED) is 0.513. The SMILES string of the molecule is C=CCOc1ccc(C(=O)NCCCc2ccc(N(C)C)cc2)cc1OC. The standard InChI is InChI=1S/C22H28N2O3/c1-5-15-27-20-13-10-18(16-21(20)26-4)22(25)23-14-6-7-17-8-11-19(12-9-17)24(2)3/h5,8-13,16H,1,6-7,14-15H2,2-4H3,(H,23,25). The minimum atomic E-state index is -0.119. The maximum atomic E-state index is 12.3. The first-order chi connectivity index (χ1) is 13.0. The lowest BCUT2D eigenvalue weighted by Gasteiger charge is -2.13. The van der Waals surface area contributed by atoms with Gasteiger partial charge in [-0.2, -0.15) is 0 Å². The van der Waals surface area contributed by atoms with E-state index in [4.69, 9.17) is 9.47 Å². The number of hydrogen-bond acceptors (Lipinski definition) is 4. The second kappa shape index (κ2) is 10.3. The highest BCUT2D eigenvalue weighted by Crippen LogP contribution is 2.28. The topological polar surface area (TPSA) is 50.8 Å². The van der Waals surface area contributed by atoms with Crippen molar-refractivity contribution in [2.24, 2.45) is 0 Å². The van der Waals surface area contributed by atoms with Crippen molar-refractivity contribution >= 4 is 11.6 Å². The van der Waals surface area contributed by atoms with Gasteiger partial charge in [0.05, 0.1) is 7.11 Å². The van der Waals surface area contributed by atoms with Crippen molar-refractivity contribution in [3.05, 3.63) is 66.2 Å². The maximum absolute atomic E-state index is 12.3. The summed E-state index contributed by atoms with van der Waals surface area (Å²) in [5, 5.41) is 2.95. The number of methoxy groups -OCH3 is 1. The van der Waals surface area contributed by atoms with Gasteiger partial charge in [0.25, 0.3) is 5.91 Å². The van der Waals surface area contributed by atoms with Gasteiger partial charge in [0.15, 0.2) is 11.5 Å². The summed E-state index contributed by atoms with van der Waals surface area (Å²) in [6.45, 7) is 4.62. The van der Waals surface area contributed by atoms with Crippen LogP contribution in [0.2, 0.25) is 0 Å². The van der Waals surface area contributed by atoms with E-state index >= 15 is 0 Å². The molecule has 144 valence electrons. The first kappa shape index (κ1) is 20.4. The molecule has 0 aliphatic heterocycles. The van der Waals surface area contributed by atoms with Crippen molar-refractivity contribution in [3.63, 3.8) is 0 Å². The van der Waals surface area contributed by atoms with Gasteiger partial charge in [-0.1, -0.05) is 24.8 Å². The largest absolute Gasteiger partial charge is 0.493 e. The molecular formula is C22H28N2O3. The van der Waals surface area contributed by atoms with Crippen LogP contribution in [0.5, 0.6) is 11.5 Å². The van der Waals surface area contributed by atoms with Gasteiger partial charge in [0.2, 0.25) is 0 Å². The molecular weight excluding hydrogens is 340 g/mol. The Kier molecular flexibility index (Phi) is 7.74. The zero-order valence-corrected chi connectivity index (χ0v) is 16.3. The number of rotatable bonds is 10. The molecule has 5 heteroatoms. The third-order valence-corrected chi connectivity index (χ3v) is 4.16. The molecule has 0 spiro atoms. The smallest absolute Gasteiger partial charge is 0.251 e. The van der Waals surface area contributed by atoms with Crippen LogP contribution in [0.25, 0.3) is 0 Å². The number of carbonyl (C=O) groups is 1. The Balaban J connectivity index is 1.83. The summed E-state index contributed by atoms with van der Waals surface area (Å²) in [6.07, 6.45) is 3.46. The van der Waals surface area contributed by atoms with Crippen LogP contribution in [0, 0.1) is 0 Å². The van der Waals surface area contributed by atoms with Gasteiger partial charge < -0.3 is 19.7 Å². The summed E-state index contributed by atoms with van der Waals surface area (Å²) < 4.78 is 10.8. The summed E-state index contributed by atoms with van der Waals surface area (Å²) in [5.41, 5.74) is 3.00. The molecule has 0 aliphatic rings. The van der Waals surface area contributed by atoms with Gasteiger partial charge >= 0.3 is 0 Å². The Morgan fingerprint density at radius 2 is 1.89 bits per heavy atom. The fraction of sp³-hybridized carbons (Fsp3) is 0.318. The van der Waals surface area contributed by atoms with Gasteiger partial charge in [-0.3, -0.25) is 4.79 Å². The first-order valence-corrected chi connectivity index (χ1v) is 9.01. The average Bonchev–Trinajstić information content (AvgIpc) is 2.69. The fourth-order valence-electron chi connectivity index (χ4n) is 2.63. The fourth-order valence-corrected chi connectivity index (χ4v) is 2.63. The molecule has 0 bridgehead atoms. The summed E-state index contributed by atoms with van der Waals surface area (Å²) in [6, 6.07) is 13.6. The van der Waals surface area contributed by atoms with Crippen LogP contribution in [0.4, 0.5) is 5.69 Å². The molecule has 2 rings (SSSR count). The van der Waals surface area contributed by atoms with E-state index < -0.39 is 0 Å². The van der Waals surface area contributed by atoms with Crippen LogP contribution in [0.3, 0.4) is 0 Å². The van der Waals surface area contributed by atoms with E-state index in [0.717, 1.165) is 12.8 Å². The number of amides is 1. The summed E-state index contributed by atoms with van der Waals surface area (Å²) in [4.78, 5) is 14.4. The number of nitrogens with zero attached hydrogens (tertiary/aromatic N) is 1. The molecule has 0 atom stereocenters. The first-order valence-electron chi connectivity index (χ1n) is 9.01. The van der Waals surface area contributed by atoms with Gasteiger partial charge in [0.1, 0.15) is 6.61 Å². The van der Waals surface area contributed by atoms with Gasteiger partial charge in [-0.15, -0.1) is 0 Å². The number of benzene rings is 2. The average molecular weight is 368 g/mol. The molecule has 0 fully saturated rings. The molecule has 0 aliphatic carbocycles. The molecule has 0 radical (unpaired) electrons. The molecule has 0 unspecified atom stereocenters. The minimum absolute atomic E-state index is 0.119. The van der Waals surface area contributed by atoms with Crippen LogP contribution in [0.1, 0.15) is 22.3 Å². The number of hydrogen-bond donors (Lipinski definition) is 1. The lowest BCUT2D eigenvalue weighted by Crippen LogP contribution is -2.24. The lowest BCUT2D eigenvalue weighted by molar-refractivity contribution is 0.0953. The van der Waals surface area contributed by atoms with Gasteiger partial charge in [0, 0.05) is 31.9 Å². The van der Waals surface area contributed by atoms with Crippen molar-refractivity contribution in [3.8, 4) is 11.5 Å². The zero-order valence-electron chi connectivity index (χ0n) is 16.3. The van der Waals surface area contributed by atoms with E-state index in [9.17, 15) is 4.79 Å². The minimum Gasteiger partial charge on any atom is -0.493 e. The predicted octanol–water partition coefficient (Wildman–Crippen LogP) is 3.69. The van der Waals surface area contributed by atoms with Crippen molar-refractivity contribution in [1.82, 2.24) is 5.32 Å². The number of nitrogens with one attached hydrogen (secondary N) is 1. The Hall–Kier alpha value is -2.95. The third-order valence-electron chi connectivity index (χ3n) is 4.16. The second-order valence-electron chi connectivity index (χ2n) is 6.39. The van der Waals surface area contributed by atoms with Crippen LogP contribution < -0.4 is 19.7 Å². The monoisotopic (exact) mass is 368 g/mol. The molecule has 1 N–H and O–H groups in total. The molecule has 0 heterocycles. The number of aryl methyl sites for hydroxylation is 1. The number of carbonyl (C=O) groups excluding carboxylic acids is 1. The molecule has 0 aromatic heterocycles. The second-order valence-corrected chi connectivity index (χ2v) is 6.39. The van der Waals surface area contributed by atoms with E-state index in [-0.39, 0.29) is 5.91 Å². The summed E-state index contributed by atoms with van der Waals surface area (Å²) in [5.74, 6) is 1.01. The van der Waals surface area contributed by atoms with E-state index in [1.54, 1.807) is 31.4 Å². The molecule has 0 saturated carbocycles. The van der Waals surface area contributed by atoms with E-state index in [0.29, 0.717) is 30.2 Å². The zero-order chi connectivity index (χ0) is 19.6. The van der Waals surface area contributed by atoms with E-state index in [1.165, 1.54) is 11.3 Å². The van der Waals surface area contributed by atoms with Crippen LogP contribution in [0.15, 0.2) is 55.1 Å². The summed E-state index contributed by atoms with van der Waals surface area (Å²) >= 11 is 0. The highest BCUT2D eigenvalue weighted by molar-refractivity contribution is 5.94. The molecule has 27 heavy (non-hydrogen) atoms. The Labute approximate surface area is 161 Å². The molecule has 2 aromatic carbocycles. The Bertz CT molecular complexity index is 755. The van der Waals surface area contributed by atoms with Crippen molar-refractivity contribution < 1.29 is 14.3 Å². The van der Waals surface area contributed by atoms with Crippen molar-refractivity contribution in [2.75, 3.05) is 39.3 Å². The van der Waals surface area contributed by atoms with Crippen LogP contribution in [-0.4, -0.2) is 40.3 Å². The Morgan fingerprint density at radius 1 is 1.15 bits per heavy atom. The van der Waals surface area contributed by atoms with E-state index in [2.05, 4.69) is 41.1 Å². The third kappa shape index (κ3) is 6.06. The molecule has 5 nitrogen and oxygen atoms in total. The van der Waals surface area contributed by atoms with E-state index in [1.807, 2.05) is 14.1 Å². The van der Waals surface area contributed by atoms with Crippen molar-refractivity contribution in [2.45, 2.75) is 12.8 Å². The highest BCUT2D eigenvalue weighted by atomic mass is 16.5. The summed E-state index contributed by atoms with van der Waals surface area (Å²) in [7, 11) is 5.61. The van der Waals surface area contributed by atoms with Gasteiger partial charge in [-0.25, -0.2) is 0 Å². The van der Waals surface area contributed by atoms with Crippen LogP contribution >= 0.6 is 0 Å². The van der Waals surface area contributed by atoms with Crippen molar-refractivity contribution in [1.29, 1.82) is 0 Å². The lowest BCUT2D eigenvalue weighted by atomic mass is 10.1. The van der Waals surface area contributed by atoms with Crippen LogP contribution in [-0.2, 0) is 6.42 Å². The highest BCUT2D eigenvalue weighted by Gasteiger charge is 2.10. The molecule has 2 aromatic rings. The number of ether oxygens (including phenoxy) is 2. The Morgan fingerprint density at radius 3 is 2.52 bits per heavy atom. The molecule has 0 saturated heterocycles. The molecule has 1 amide bonds. The maximum Gasteiger partial charge on any atom is 0.251 e. The van der Waals surface area contributed by atoms with Gasteiger partial charge in [-0.05, 0) is 48.7 Å². The predicted molar refractivity (Wildman–Crippen MR) is 110 cm³/mol. The number of anilines is 1. The normalized spacial score (nSPS) is 10.2.